The van der Waals surface area contributed by atoms with E-state index in [-0.39, 0.29) is 0 Å². The zero-order chi connectivity index (χ0) is 11.4. The Kier molecular flexibility index (Phi) is 4.11. The van der Waals surface area contributed by atoms with Gasteiger partial charge < -0.3 is 4.90 Å². The highest BCUT2D eigenvalue weighted by atomic mass is 35.5. The summed E-state index contributed by atoms with van der Waals surface area (Å²) in [5.41, 5.74) is 2.58. The molecule has 0 amide bonds. The summed E-state index contributed by atoms with van der Waals surface area (Å²) < 4.78 is 0. The van der Waals surface area contributed by atoms with Gasteiger partial charge in [0.15, 0.2) is 0 Å². The van der Waals surface area contributed by atoms with Gasteiger partial charge in [0.1, 0.15) is 0 Å². The molecule has 1 saturated carbocycles. The summed E-state index contributed by atoms with van der Waals surface area (Å²) in [5, 5.41) is 0. The second kappa shape index (κ2) is 5.58. The zero-order valence-electron chi connectivity index (χ0n) is 9.95. The van der Waals surface area contributed by atoms with Gasteiger partial charge in [-0.3, -0.25) is 0 Å². The van der Waals surface area contributed by atoms with Crippen LogP contribution in [0.4, 0.5) is 5.69 Å². The maximum Gasteiger partial charge on any atom is 0.0494 e. The Bertz CT molecular complexity index is 333. The van der Waals surface area contributed by atoms with E-state index in [0.29, 0.717) is 5.88 Å². The number of alkyl halides is 1. The average Bonchev–Trinajstić information content (AvgIpc) is 2.28. The van der Waals surface area contributed by atoms with Crippen LogP contribution in [0.15, 0.2) is 24.3 Å². The quantitative estimate of drug-likeness (QED) is 0.699. The average molecular weight is 238 g/mol. The van der Waals surface area contributed by atoms with Gasteiger partial charge in [0, 0.05) is 24.7 Å². The van der Waals surface area contributed by atoms with Gasteiger partial charge in [-0.1, -0.05) is 24.6 Å². The van der Waals surface area contributed by atoms with Gasteiger partial charge in [0.2, 0.25) is 0 Å². The van der Waals surface area contributed by atoms with E-state index in [4.69, 9.17) is 11.6 Å². The fraction of sp³-hybridized carbons (Fsp3) is 0.571. The fourth-order valence-electron chi connectivity index (χ4n) is 2.32. The summed E-state index contributed by atoms with van der Waals surface area (Å²) >= 11 is 5.99. The van der Waals surface area contributed by atoms with Gasteiger partial charge in [0.25, 0.3) is 0 Å². The lowest BCUT2D eigenvalue weighted by atomic mass is 9.85. The van der Waals surface area contributed by atoms with Crippen LogP contribution in [-0.2, 0) is 5.88 Å². The minimum atomic E-state index is 0.608. The van der Waals surface area contributed by atoms with Crippen LogP contribution in [0, 0.1) is 5.92 Å². The number of nitrogens with zero attached hydrogens (tertiary/aromatic N) is 1. The third-order valence-electron chi connectivity index (χ3n) is 3.56. The Morgan fingerprint density at radius 2 is 2.06 bits per heavy atom. The van der Waals surface area contributed by atoms with E-state index in [1.54, 1.807) is 0 Å². The van der Waals surface area contributed by atoms with Crippen LogP contribution >= 0.6 is 11.6 Å². The molecule has 0 atom stereocenters. The molecule has 88 valence electrons. The molecule has 0 heterocycles. The van der Waals surface area contributed by atoms with Crippen molar-refractivity contribution in [3.05, 3.63) is 29.8 Å². The molecule has 16 heavy (non-hydrogen) atoms. The predicted octanol–water partition coefficient (Wildman–Crippen LogP) is 4.05. The van der Waals surface area contributed by atoms with Crippen molar-refractivity contribution in [2.75, 3.05) is 18.0 Å². The molecule has 0 bridgehead atoms. The molecule has 0 saturated heterocycles. The summed E-state index contributed by atoms with van der Waals surface area (Å²) in [4.78, 5) is 2.47. The van der Waals surface area contributed by atoms with E-state index in [0.717, 1.165) is 12.5 Å². The first-order valence-electron chi connectivity index (χ1n) is 6.24. The monoisotopic (exact) mass is 237 g/mol. The highest BCUT2D eigenvalue weighted by Crippen LogP contribution is 2.30. The van der Waals surface area contributed by atoms with E-state index in [1.165, 1.54) is 37.1 Å². The summed E-state index contributed by atoms with van der Waals surface area (Å²) in [6, 6.07) is 8.50. The van der Waals surface area contributed by atoms with Gasteiger partial charge in [-0.25, -0.2) is 0 Å². The molecule has 0 unspecified atom stereocenters. The smallest absolute Gasteiger partial charge is 0.0494 e. The first-order chi connectivity index (χ1) is 7.85. The molecular weight excluding hydrogens is 218 g/mol. The van der Waals surface area contributed by atoms with Gasteiger partial charge in [0.05, 0.1) is 0 Å². The molecule has 2 heteroatoms. The van der Waals surface area contributed by atoms with Crippen molar-refractivity contribution < 1.29 is 0 Å². The van der Waals surface area contributed by atoms with Crippen LogP contribution in [0.25, 0.3) is 0 Å². The highest BCUT2D eigenvalue weighted by Gasteiger charge is 2.21. The maximum atomic E-state index is 5.99. The lowest BCUT2D eigenvalue weighted by molar-refractivity contribution is 0.318. The molecule has 0 spiro atoms. The standard InChI is InChI=1S/C14H20ClN/c1-2-16(11-12-6-5-7-12)14-9-4-3-8-13(14)10-15/h3-4,8-9,12H,2,5-7,10-11H2,1H3. The first-order valence-corrected chi connectivity index (χ1v) is 6.77. The van der Waals surface area contributed by atoms with E-state index in [2.05, 4.69) is 36.1 Å². The summed E-state index contributed by atoms with van der Waals surface area (Å²) in [5.74, 6) is 1.51. The second-order valence-electron chi connectivity index (χ2n) is 4.60. The van der Waals surface area contributed by atoms with Crippen molar-refractivity contribution in [2.45, 2.75) is 32.1 Å². The Balaban J connectivity index is 2.11. The molecular formula is C14H20ClN. The fourth-order valence-corrected chi connectivity index (χ4v) is 2.54. The Morgan fingerprint density at radius 1 is 1.31 bits per heavy atom. The summed E-state index contributed by atoms with van der Waals surface area (Å²) in [7, 11) is 0. The van der Waals surface area contributed by atoms with E-state index in [9.17, 15) is 0 Å². The van der Waals surface area contributed by atoms with Crippen molar-refractivity contribution in [2.24, 2.45) is 5.92 Å². The molecule has 1 aromatic rings. The Labute approximate surface area is 103 Å². The molecule has 1 aromatic carbocycles. The Morgan fingerprint density at radius 3 is 2.62 bits per heavy atom. The number of benzene rings is 1. The van der Waals surface area contributed by atoms with Gasteiger partial charge in [-0.05, 0) is 37.3 Å². The van der Waals surface area contributed by atoms with Crippen LogP contribution < -0.4 is 4.90 Å². The van der Waals surface area contributed by atoms with Crippen LogP contribution in [0.2, 0.25) is 0 Å². The van der Waals surface area contributed by atoms with Crippen molar-refractivity contribution in [1.29, 1.82) is 0 Å². The summed E-state index contributed by atoms with van der Waals surface area (Å²) in [6.45, 7) is 4.50. The number of para-hydroxylation sites is 1. The molecule has 0 radical (unpaired) electrons. The maximum absolute atomic E-state index is 5.99. The lowest BCUT2D eigenvalue weighted by Crippen LogP contribution is -2.32. The van der Waals surface area contributed by atoms with Crippen LogP contribution in [0.1, 0.15) is 31.7 Å². The third kappa shape index (κ3) is 2.52. The predicted molar refractivity (Wildman–Crippen MR) is 71.2 cm³/mol. The molecule has 1 fully saturated rings. The van der Waals surface area contributed by atoms with Crippen LogP contribution in [0.5, 0.6) is 0 Å². The zero-order valence-corrected chi connectivity index (χ0v) is 10.7. The normalized spacial score (nSPS) is 15.9. The molecule has 0 aliphatic heterocycles. The molecule has 0 aromatic heterocycles. The molecule has 1 aliphatic carbocycles. The van der Waals surface area contributed by atoms with Crippen LogP contribution in [-0.4, -0.2) is 13.1 Å². The minimum Gasteiger partial charge on any atom is -0.371 e. The van der Waals surface area contributed by atoms with Crippen LogP contribution in [0.3, 0.4) is 0 Å². The lowest BCUT2D eigenvalue weighted by Gasteiger charge is -2.34. The Hall–Kier alpha value is -0.690. The molecule has 1 aliphatic rings. The largest absolute Gasteiger partial charge is 0.371 e. The van der Waals surface area contributed by atoms with E-state index < -0.39 is 0 Å². The van der Waals surface area contributed by atoms with Crippen molar-refractivity contribution in [3.63, 3.8) is 0 Å². The van der Waals surface area contributed by atoms with Gasteiger partial charge in [-0.2, -0.15) is 0 Å². The molecule has 0 N–H and O–H groups in total. The summed E-state index contributed by atoms with van der Waals surface area (Å²) in [6.07, 6.45) is 4.22. The SMILES string of the molecule is CCN(CC1CCC1)c1ccccc1CCl. The van der Waals surface area contributed by atoms with E-state index in [1.807, 2.05) is 0 Å². The van der Waals surface area contributed by atoms with E-state index >= 15 is 0 Å². The first kappa shape index (κ1) is 11.8. The van der Waals surface area contributed by atoms with Crippen molar-refractivity contribution in [1.82, 2.24) is 0 Å². The second-order valence-corrected chi connectivity index (χ2v) is 4.87. The number of halogens is 1. The number of hydrogen-bond donors (Lipinski definition) is 0. The number of hydrogen-bond acceptors (Lipinski definition) is 1. The van der Waals surface area contributed by atoms with Crippen molar-refractivity contribution in [3.8, 4) is 0 Å². The van der Waals surface area contributed by atoms with Gasteiger partial charge in [-0.15, -0.1) is 11.6 Å². The minimum absolute atomic E-state index is 0.608. The molecule has 2 rings (SSSR count). The topological polar surface area (TPSA) is 3.24 Å². The number of rotatable bonds is 5. The van der Waals surface area contributed by atoms with Gasteiger partial charge >= 0.3 is 0 Å². The number of anilines is 1. The third-order valence-corrected chi connectivity index (χ3v) is 3.85. The highest BCUT2D eigenvalue weighted by molar-refractivity contribution is 6.17. The van der Waals surface area contributed by atoms with Crippen molar-refractivity contribution >= 4 is 17.3 Å². The molecule has 1 nitrogen and oxygen atoms in total.